The Morgan fingerprint density at radius 2 is 1.69 bits per heavy atom. The largest absolute Gasteiger partial charge is 0.457 e. The Morgan fingerprint density at radius 1 is 0.969 bits per heavy atom. The Morgan fingerprint density at radius 3 is 2.44 bits per heavy atom. The van der Waals surface area contributed by atoms with Gasteiger partial charge in [0, 0.05) is 9.26 Å². The number of amides is 3. The zero-order valence-corrected chi connectivity index (χ0v) is 19.6. The van der Waals surface area contributed by atoms with Gasteiger partial charge in [-0.1, -0.05) is 30.3 Å². The maximum absolute atomic E-state index is 12.7. The van der Waals surface area contributed by atoms with Crippen LogP contribution in [0.15, 0.2) is 83.8 Å². The first kappa shape index (κ1) is 22.1. The van der Waals surface area contributed by atoms with Gasteiger partial charge < -0.3 is 10.1 Å². The molecule has 0 spiro atoms. The molecule has 3 aromatic rings. The number of nitrogens with one attached hydrogen (secondary N) is 1. The number of para-hydroxylation sites is 1. The molecule has 0 unspecified atom stereocenters. The van der Waals surface area contributed by atoms with Crippen molar-refractivity contribution in [1.29, 1.82) is 0 Å². The lowest BCUT2D eigenvalue weighted by atomic mass is 10.2. The number of imide groups is 1. The van der Waals surface area contributed by atoms with E-state index in [-0.39, 0.29) is 11.4 Å². The third-order valence-electron chi connectivity index (χ3n) is 4.44. The lowest BCUT2D eigenvalue weighted by Gasteiger charge is -2.12. The van der Waals surface area contributed by atoms with Crippen molar-refractivity contribution in [2.45, 2.75) is 0 Å². The van der Waals surface area contributed by atoms with Gasteiger partial charge in [-0.05, 0) is 94.5 Å². The predicted octanol–water partition coefficient (Wildman–Crippen LogP) is 5.76. The minimum Gasteiger partial charge on any atom is -0.457 e. The molecule has 0 saturated carbocycles. The number of ether oxygens (including phenoxy) is 1. The Bertz CT molecular complexity index is 1200. The molecule has 160 valence electrons. The van der Waals surface area contributed by atoms with E-state index < -0.39 is 17.1 Å². The van der Waals surface area contributed by atoms with E-state index in [0.29, 0.717) is 22.7 Å². The van der Waals surface area contributed by atoms with Gasteiger partial charge in [-0.2, -0.15) is 0 Å². The number of carbonyl (C=O) groups is 3. The summed E-state index contributed by atoms with van der Waals surface area (Å²) in [7, 11) is 0. The average molecular weight is 556 g/mol. The first-order chi connectivity index (χ1) is 15.5. The second-order valence-electron chi connectivity index (χ2n) is 6.81. The minimum absolute atomic E-state index is 0.258. The summed E-state index contributed by atoms with van der Waals surface area (Å²) < 4.78 is 6.85. The second kappa shape index (κ2) is 10.0. The zero-order chi connectivity index (χ0) is 22.5. The van der Waals surface area contributed by atoms with Gasteiger partial charge >= 0.3 is 0 Å². The van der Waals surface area contributed by atoms with Crippen molar-refractivity contribution in [2.24, 2.45) is 0 Å². The van der Waals surface area contributed by atoms with Gasteiger partial charge in [-0.15, -0.1) is 0 Å². The fourth-order valence-electron chi connectivity index (χ4n) is 2.96. The first-order valence-corrected chi connectivity index (χ1v) is 11.5. The van der Waals surface area contributed by atoms with Crippen molar-refractivity contribution in [3.8, 4) is 11.5 Å². The Kier molecular flexibility index (Phi) is 6.91. The number of benzene rings is 3. The highest BCUT2D eigenvalue weighted by atomic mass is 127. The smallest absolute Gasteiger partial charge is 0.294 e. The number of carbonyl (C=O) groups excluding carboxylic acids is 3. The maximum Gasteiger partial charge on any atom is 0.294 e. The number of anilines is 1. The van der Waals surface area contributed by atoms with Crippen LogP contribution in [-0.2, 0) is 9.59 Å². The third-order valence-corrected chi connectivity index (χ3v) is 6.06. The van der Waals surface area contributed by atoms with Crippen molar-refractivity contribution in [3.63, 3.8) is 0 Å². The molecular weight excluding hydrogens is 539 g/mol. The molecule has 1 fully saturated rings. The van der Waals surface area contributed by atoms with E-state index in [0.717, 1.165) is 20.2 Å². The van der Waals surface area contributed by atoms with Crippen LogP contribution in [0.3, 0.4) is 0 Å². The van der Waals surface area contributed by atoms with Gasteiger partial charge in [0.2, 0.25) is 5.91 Å². The summed E-state index contributed by atoms with van der Waals surface area (Å²) in [6.07, 6.45) is 1.62. The first-order valence-electron chi connectivity index (χ1n) is 9.62. The average Bonchev–Trinajstić information content (AvgIpc) is 3.03. The molecule has 1 heterocycles. The molecule has 0 bridgehead atoms. The molecule has 0 aliphatic carbocycles. The molecule has 0 radical (unpaired) electrons. The molecule has 1 aliphatic heterocycles. The van der Waals surface area contributed by atoms with Crippen molar-refractivity contribution in [1.82, 2.24) is 4.90 Å². The van der Waals surface area contributed by atoms with E-state index in [4.69, 9.17) is 4.74 Å². The Labute approximate surface area is 202 Å². The van der Waals surface area contributed by atoms with Crippen molar-refractivity contribution < 1.29 is 19.1 Å². The lowest BCUT2D eigenvalue weighted by Crippen LogP contribution is -2.36. The van der Waals surface area contributed by atoms with Gasteiger partial charge in [0.15, 0.2) is 0 Å². The van der Waals surface area contributed by atoms with Gasteiger partial charge in [0.1, 0.15) is 18.0 Å². The highest BCUT2D eigenvalue weighted by Crippen LogP contribution is 2.33. The van der Waals surface area contributed by atoms with E-state index in [1.54, 1.807) is 24.3 Å². The van der Waals surface area contributed by atoms with E-state index in [1.165, 1.54) is 0 Å². The quantitative estimate of drug-likeness (QED) is 0.309. The summed E-state index contributed by atoms with van der Waals surface area (Å²) in [5.74, 6) is 0.380. The van der Waals surface area contributed by atoms with Crippen LogP contribution in [0.5, 0.6) is 11.5 Å². The van der Waals surface area contributed by atoms with Gasteiger partial charge in [0.05, 0.1) is 4.91 Å². The van der Waals surface area contributed by atoms with E-state index in [9.17, 15) is 14.4 Å². The normalized spacial score (nSPS) is 14.7. The summed E-state index contributed by atoms with van der Waals surface area (Å²) in [5, 5.41) is 2.22. The maximum atomic E-state index is 12.7. The SMILES string of the molecule is O=C(CN1C(=O)S/C(=C/c2cccc(Oc3ccccc3)c2)C1=O)Nc1ccc(I)cc1. The van der Waals surface area contributed by atoms with Crippen LogP contribution < -0.4 is 10.1 Å². The van der Waals surface area contributed by atoms with Crippen LogP contribution in [0, 0.1) is 3.57 Å². The van der Waals surface area contributed by atoms with E-state index >= 15 is 0 Å². The standard InChI is InChI=1S/C24H17IN2O4S/c25-17-9-11-18(12-10-17)26-22(28)15-27-23(29)21(32-24(27)30)14-16-5-4-8-20(13-16)31-19-6-2-1-3-7-19/h1-14H,15H2,(H,26,28)/b21-14+. The number of hydrogen-bond donors (Lipinski definition) is 1. The molecule has 0 atom stereocenters. The highest BCUT2D eigenvalue weighted by Gasteiger charge is 2.36. The number of rotatable bonds is 6. The van der Waals surface area contributed by atoms with Gasteiger partial charge in [-0.25, -0.2) is 0 Å². The molecule has 3 amide bonds. The van der Waals surface area contributed by atoms with Crippen molar-refractivity contribution in [3.05, 3.63) is 92.9 Å². The number of hydrogen-bond acceptors (Lipinski definition) is 5. The molecule has 32 heavy (non-hydrogen) atoms. The van der Waals surface area contributed by atoms with Crippen molar-refractivity contribution >= 4 is 63.2 Å². The third kappa shape index (κ3) is 5.57. The van der Waals surface area contributed by atoms with E-state index in [2.05, 4.69) is 27.9 Å². The van der Waals surface area contributed by atoms with Crippen LogP contribution >= 0.6 is 34.4 Å². The van der Waals surface area contributed by atoms with Crippen LogP contribution in [0.25, 0.3) is 6.08 Å². The van der Waals surface area contributed by atoms with Gasteiger partial charge in [-0.3, -0.25) is 19.3 Å². The van der Waals surface area contributed by atoms with Crippen LogP contribution in [-0.4, -0.2) is 28.5 Å². The molecule has 4 rings (SSSR count). The lowest BCUT2D eigenvalue weighted by molar-refractivity contribution is -0.127. The number of thioether (sulfide) groups is 1. The molecule has 3 aromatic carbocycles. The monoisotopic (exact) mass is 556 g/mol. The summed E-state index contributed by atoms with van der Waals surface area (Å²) >= 11 is 2.98. The molecule has 8 heteroatoms. The predicted molar refractivity (Wildman–Crippen MR) is 133 cm³/mol. The number of nitrogens with zero attached hydrogens (tertiary/aromatic N) is 1. The Balaban J connectivity index is 1.43. The summed E-state index contributed by atoms with van der Waals surface area (Å²) in [4.78, 5) is 38.6. The summed E-state index contributed by atoms with van der Waals surface area (Å²) in [5.41, 5.74) is 1.32. The summed E-state index contributed by atoms with van der Waals surface area (Å²) in [6.45, 7) is -0.342. The van der Waals surface area contributed by atoms with Crippen LogP contribution in [0.2, 0.25) is 0 Å². The molecule has 1 saturated heterocycles. The van der Waals surface area contributed by atoms with Crippen LogP contribution in [0.4, 0.5) is 10.5 Å². The highest BCUT2D eigenvalue weighted by molar-refractivity contribution is 14.1. The van der Waals surface area contributed by atoms with E-state index in [1.807, 2.05) is 60.7 Å². The number of halogens is 1. The molecular formula is C24H17IN2O4S. The zero-order valence-electron chi connectivity index (χ0n) is 16.7. The van der Waals surface area contributed by atoms with Crippen molar-refractivity contribution in [2.75, 3.05) is 11.9 Å². The molecule has 1 aliphatic rings. The second-order valence-corrected chi connectivity index (χ2v) is 9.05. The summed E-state index contributed by atoms with van der Waals surface area (Å²) in [6, 6.07) is 23.8. The Hall–Kier alpha value is -3.11. The minimum atomic E-state index is -0.493. The molecule has 0 aromatic heterocycles. The molecule has 6 nitrogen and oxygen atoms in total. The topological polar surface area (TPSA) is 75.7 Å². The van der Waals surface area contributed by atoms with Gasteiger partial charge in [0.25, 0.3) is 11.1 Å². The fraction of sp³-hybridized carbons (Fsp3) is 0.0417. The molecule has 1 N–H and O–H groups in total. The fourth-order valence-corrected chi connectivity index (χ4v) is 4.16. The van der Waals surface area contributed by atoms with Crippen LogP contribution in [0.1, 0.15) is 5.56 Å².